The number of ether oxygens (including phenoxy) is 1. The molecule has 2 amide bonds. The SMILES string of the molecule is CN/C(C(=O)Nc1ccn2cc(-c3ccccc3)nc2n1)=C(\C=N)C(=O)N1CCOCC1c1cccnc1. The molecule has 0 spiro atoms. The number of nitrogens with zero attached hydrogens (tertiary/aromatic N) is 5. The van der Waals surface area contributed by atoms with Crippen LogP contribution in [0.2, 0.25) is 0 Å². The van der Waals surface area contributed by atoms with Crippen molar-refractivity contribution in [2.24, 2.45) is 0 Å². The van der Waals surface area contributed by atoms with E-state index in [9.17, 15) is 9.59 Å². The van der Waals surface area contributed by atoms with Gasteiger partial charge >= 0.3 is 0 Å². The van der Waals surface area contributed by atoms with Crippen molar-refractivity contribution < 1.29 is 14.3 Å². The Hall–Kier alpha value is -4.90. The Labute approximate surface area is 218 Å². The first-order valence-electron chi connectivity index (χ1n) is 12.0. The highest BCUT2D eigenvalue weighted by atomic mass is 16.5. The van der Waals surface area contributed by atoms with Crippen LogP contribution in [0.1, 0.15) is 11.6 Å². The molecular formula is C27H26N8O3. The fourth-order valence-corrected chi connectivity index (χ4v) is 4.33. The smallest absolute Gasteiger partial charge is 0.273 e. The van der Waals surface area contributed by atoms with E-state index >= 15 is 0 Å². The van der Waals surface area contributed by atoms with Gasteiger partial charge in [-0.3, -0.25) is 19.0 Å². The third-order valence-electron chi connectivity index (χ3n) is 6.22. The second-order valence-electron chi connectivity index (χ2n) is 8.52. The quantitative estimate of drug-likeness (QED) is 0.256. The highest BCUT2D eigenvalue weighted by Crippen LogP contribution is 2.26. The molecule has 11 nitrogen and oxygen atoms in total. The fraction of sp³-hybridized carbons (Fsp3) is 0.185. The van der Waals surface area contributed by atoms with Crippen LogP contribution in [-0.2, 0) is 14.3 Å². The molecule has 1 unspecified atom stereocenters. The summed E-state index contributed by atoms with van der Waals surface area (Å²) in [6, 6.07) is 14.6. The molecule has 4 heterocycles. The molecule has 4 aromatic rings. The Balaban J connectivity index is 1.40. The van der Waals surface area contributed by atoms with Crippen LogP contribution in [0, 0.1) is 5.41 Å². The number of hydrogen-bond donors (Lipinski definition) is 3. The van der Waals surface area contributed by atoms with Crippen LogP contribution in [-0.4, -0.2) is 69.1 Å². The maximum atomic E-state index is 13.6. The molecule has 1 atom stereocenters. The van der Waals surface area contributed by atoms with Gasteiger partial charge in [-0.15, -0.1) is 0 Å². The monoisotopic (exact) mass is 510 g/mol. The number of aromatic nitrogens is 4. The average Bonchev–Trinajstić information content (AvgIpc) is 3.40. The van der Waals surface area contributed by atoms with E-state index in [1.807, 2.05) is 42.6 Å². The van der Waals surface area contributed by atoms with E-state index in [4.69, 9.17) is 10.1 Å². The molecule has 1 saturated heterocycles. The molecule has 0 radical (unpaired) electrons. The number of hydrogen-bond acceptors (Lipinski definition) is 8. The van der Waals surface area contributed by atoms with Crippen molar-refractivity contribution in [2.75, 3.05) is 32.1 Å². The van der Waals surface area contributed by atoms with E-state index in [-0.39, 0.29) is 23.1 Å². The number of nitrogens with one attached hydrogen (secondary N) is 3. The van der Waals surface area contributed by atoms with Crippen LogP contribution >= 0.6 is 0 Å². The average molecular weight is 511 g/mol. The van der Waals surface area contributed by atoms with Gasteiger partial charge in [0.1, 0.15) is 11.5 Å². The number of rotatable bonds is 7. The summed E-state index contributed by atoms with van der Waals surface area (Å²) >= 11 is 0. The third-order valence-corrected chi connectivity index (χ3v) is 6.22. The predicted octanol–water partition coefficient (Wildman–Crippen LogP) is 2.45. The Morgan fingerprint density at radius 3 is 2.71 bits per heavy atom. The summed E-state index contributed by atoms with van der Waals surface area (Å²) < 4.78 is 7.36. The van der Waals surface area contributed by atoms with Crippen molar-refractivity contribution in [2.45, 2.75) is 6.04 Å². The van der Waals surface area contributed by atoms with Crippen molar-refractivity contribution >= 4 is 29.6 Å². The Kier molecular flexibility index (Phi) is 7.18. The summed E-state index contributed by atoms with van der Waals surface area (Å²) in [5, 5.41) is 13.5. The van der Waals surface area contributed by atoms with Gasteiger partial charge in [0, 0.05) is 50.2 Å². The molecule has 0 saturated carbocycles. The zero-order valence-corrected chi connectivity index (χ0v) is 20.7. The van der Waals surface area contributed by atoms with Gasteiger partial charge < -0.3 is 25.7 Å². The molecule has 38 heavy (non-hydrogen) atoms. The fourth-order valence-electron chi connectivity index (χ4n) is 4.33. The zero-order valence-electron chi connectivity index (χ0n) is 20.7. The van der Waals surface area contributed by atoms with Gasteiger partial charge in [0.15, 0.2) is 0 Å². The van der Waals surface area contributed by atoms with Gasteiger partial charge in [-0.1, -0.05) is 36.4 Å². The van der Waals surface area contributed by atoms with E-state index in [1.165, 1.54) is 7.05 Å². The molecule has 1 fully saturated rings. The lowest BCUT2D eigenvalue weighted by molar-refractivity contribution is -0.135. The maximum Gasteiger partial charge on any atom is 0.273 e. The van der Waals surface area contributed by atoms with Crippen LogP contribution in [0.15, 0.2) is 84.6 Å². The first-order valence-corrected chi connectivity index (χ1v) is 12.0. The minimum atomic E-state index is -0.600. The number of pyridine rings is 1. The standard InChI is InChI=1S/C27H26N8O3/c1-29-24(20(14-28)26(37)35-12-13-38-17-22(35)19-8-5-10-30-15-19)25(36)32-23-9-11-34-16-21(31-27(34)33-23)18-6-3-2-4-7-18/h2-11,14-16,22,28-29H,12-13,17H2,1H3,(H,31,32,33,36)/b24-20+,28-14?. The van der Waals surface area contributed by atoms with Crippen LogP contribution in [0.3, 0.4) is 0 Å². The second kappa shape index (κ2) is 11.0. The lowest BCUT2D eigenvalue weighted by Crippen LogP contribution is -2.45. The predicted molar refractivity (Wildman–Crippen MR) is 141 cm³/mol. The summed E-state index contributed by atoms with van der Waals surface area (Å²) in [5.41, 5.74) is 2.39. The first kappa shape index (κ1) is 24.8. The van der Waals surface area contributed by atoms with Crippen LogP contribution in [0.5, 0.6) is 0 Å². The van der Waals surface area contributed by atoms with Gasteiger partial charge in [-0.25, -0.2) is 4.98 Å². The Bertz CT molecular complexity index is 1500. The molecule has 11 heteroatoms. The summed E-state index contributed by atoms with van der Waals surface area (Å²) in [5.74, 6) is -0.387. The number of likely N-dealkylation sites (N-methyl/N-ethyl adjacent to an activating group) is 1. The number of anilines is 1. The minimum Gasteiger partial charge on any atom is -0.383 e. The first-order chi connectivity index (χ1) is 18.6. The number of carbonyl (C=O) groups excluding carboxylic acids is 2. The van der Waals surface area contributed by atoms with Crippen LogP contribution in [0.25, 0.3) is 17.0 Å². The molecule has 5 rings (SSSR count). The van der Waals surface area contributed by atoms with Crippen molar-refractivity contribution in [1.82, 2.24) is 29.6 Å². The number of imidazole rings is 1. The van der Waals surface area contributed by atoms with Crippen LogP contribution in [0.4, 0.5) is 5.82 Å². The molecule has 192 valence electrons. The lowest BCUT2D eigenvalue weighted by atomic mass is 10.0. The molecule has 0 bridgehead atoms. The number of morpholine rings is 1. The van der Waals surface area contributed by atoms with Crippen molar-refractivity contribution in [3.8, 4) is 11.3 Å². The highest BCUT2D eigenvalue weighted by molar-refractivity contribution is 6.19. The maximum absolute atomic E-state index is 13.6. The highest BCUT2D eigenvalue weighted by Gasteiger charge is 2.32. The summed E-state index contributed by atoms with van der Waals surface area (Å²) in [4.78, 5) is 41.6. The topological polar surface area (TPSA) is 138 Å². The number of benzene rings is 1. The zero-order chi connectivity index (χ0) is 26.5. The lowest BCUT2D eigenvalue weighted by Gasteiger charge is -2.36. The van der Waals surface area contributed by atoms with E-state index < -0.39 is 11.8 Å². The minimum absolute atomic E-state index is 0.0450. The van der Waals surface area contributed by atoms with E-state index in [0.29, 0.717) is 25.5 Å². The van der Waals surface area contributed by atoms with Crippen molar-refractivity contribution in [3.05, 3.63) is 90.2 Å². The molecular weight excluding hydrogens is 484 g/mol. The Morgan fingerprint density at radius 1 is 1.13 bits per heavy atom. The molecule has 1 aromatic carbocycles. The largest absolute Gasteiger partial charge is 0.383 e. The summed E-state index contributed by atoms with van der Waals surface area (Å²) in [7, 11) is 1.53. The molecule has 1 aliphatic rings. The number of carbonyl (C=O) groups is 2. The summed E-state index contributed by atoms with van der Waals surface area (Å²) in [6.07, 6.45) is 7.83. The van der Waals surface area contributed by atoms with E-state index in [2.05, 4.69) is 25.6 Å². The normalized spacial score (nSPS) is 16.0. The van der Waals surface area contributed by atoms with Gasteiger partial charge in [0.25, 0.3) is 11.8 Å². The molecule has 0 aliphatic carbocycles. The molecule has 1 aliphatic heterocycles. The van der Waals surface area contributed by atoms with Crippen molar-refractivity contribution in [1.29, 1.82) is 5.41 Å². The molecule has 3 aromatic heterocycles. The van der Waals surface area contributed by atoms with Crippen LogP contribution < -0.4 is 10.6 Å². The van der Waals surface area contributed by atoms with Gasteiger partial charge in [0.05, 0.1) is 30.5 Å². The number of fused-ring (bicyclic) bond motifs is 1. The second-order valence-corrected chi connectivity index (χ2v) is 8.52. The van der Waals surface area contributed by atoms with E-state index in [0.717, 1.165) is 23.0 Å². The van der Waals surface area contributed by atoms with Gasteiger partial charge in [-0.05, 0) is 17.7 Å². The molecule has 3 N–H and O–H groups in total. The third kappa shape index (κ3) is 5.00. The summed E-state index contributed by atoms with van der Waals surface area (Å²) in [6.45, 7) is 0.966. The van der Waals surface area contributed by atoms with Gasteiger partial charge in [-0.2, -0.15) is 4.98 Å². The van der Waals surface area contributed by atoms with Crippen molar-refractivity contribution in [3.63, 3.8) is 0 Å². The Morgan fingerprint density at radius 2 is 1.97 bits per heavy atom. The van der Waals surface area contributed by atoms with Gasteiger partial charge in [0.2, 0.25) is 5.78 Å². The number of amides is 2. The van der Waals surface area contributed by atoms with E-state index in [1.54, 1.807) is 40.0 Å².